The SMILES string of the molecule is COCC(C)CNC(=O)N(C)CCC(=O)O. The number of nitrogens with zero attached hydrogens (tertiary/aromatic N) is 1. The number of carbonyl (C=O) groups is 2. The number of carboxylic acids is 1. The third-order valence-corrected chi connectivity index (χ3v) is 2.06. The van der Waals surface area contributed by atoms with Crippen LogP contribution in [0.15, 0.2) is 0 Å². The normalized spacial score (nSPS) is 11.9. The van der Waals surface area contributed by atoms with E-state index in [0.29, 0.717) is 13.2 Å². The molecule has 0 aliphatic heterocycles. The molecule has 0 rings (SSSR count). The van der Waals surface area contributed by atoms with E-state index in [2.05, 4.69) is 5.32 Å². The topological polar surface area (TPSA) is 78.9 Å². The summed E-state index contributed by atoms with van der Waals surface area (Å²) in [5.74, 6) is -0.672. The number of aliphatic carboxylic acids is 1. The number of nitrogens with one attached hydrogen (secondary N) is 1. The lowest BCUT2D eigenvalue weighted by atomic mass is 10.2. The molecule has 6 nitrogen and oxygen atoms in total. The van der Waals surface area contributed by atoms with E-state index in [-0.39, 0.29) is 24.9 Å². The van der Waals surface area contributed by atoms with Crippen LogP contribution in [0, 0.1) is 5.92 Å². The van der Waals surface area contributed by atoms with Gasteiger partial charge in [0.2, 0.25) is 0 Å². The highest BCUT2D eigenvalue weighted by atomic mass is 16.5. The molecule has 0 heterocycles. The summed E-state index contributed by atoms with van der Waals surface area (Å²) in [4.78, 5) is 23.1. The molecule has 0 spiro atoms. The summed E-state index contributed by atoms with van der Waals surface area (Å²) in [5, 5.41) is 11.2. The molecule has 1 unspecified atom stereocenters. The van der Waals surface area contributed by atoms with E-state index in [0.717, 1.165) is 0 Å². The Balaban J connectivity index is 3.74. The van der Waals surface area contributed by atoms with Crippen LogP contribution in [0.3, 0.4) is 0 Å². The van der Waals surface area contributed by atoms with Gasteiger partial charge in [0, 0.05) is 27.2 Å². The Hall–Kier alpha value is -1.30. The maximum absolute atomic E-state index is 11.4. The molecule has 0 saturated carbocycles. The number of hydrogen-bond donors (Lipinski definition) is 2. The molecular weight excluding hydrogens is 212 g/mol. The molecular formula is C10H20N2O4. The van der Waals surface area contributed by atoms with Crippen molar-refractivity contribution in [3.05, 3.63) is 0 Å². The summed E-state index contributed by atoms with van der Waals surface area (Å²) in [7, 11) is 3.18. The fraction of sp³-hybridized carbons (Fsp3) is 0.800. The predicted molar refractivity (Wildman–Crippen MR) is 59.3 cm³/mol. The molecule has 1 atom stereocenters. The summed E-state index contributed by atoms with van der Waals surface area (Å²) in [6, 6.07) is -0.260. The number of carboxylic acid groups (broad SMARTS) is 1. The largest absolute Gasteiger partial charge is 0.481 e. The van der Waals surface area contributed by atoms with Gasteiger partial charge in [-0.1, -0.05) is 6.92 Å². The second-order valence-corrected chi connectivity index (χ2v) is 3.81. The van der Waals surface area contributed by atoms with Crippen LogP contribution in [0.2, 0.25) is 0 Å². The van der Waals surface area contributed by atoms with Gasteiger partial charge in [-0.05, 0) is 5.92 Å². The molecule has 0 aromatic heterocycles. The van der Waals surface area contributed by atoms with Gasteiger partial charge in [-0.15, -0.1) is 0 Å². The lowest BCUT2D eigenvalue weighted by molar-refractivity contribution is -0.137. The van der Waals surface area contributed by atoms with Crippen molar-refractivity contribution in [1.82, 2.24) is 10.2 Å². The minimum Gasteiger partial charge on any atom is -0.481 e. The first-order chi connectivity index (χ1) is 7.47. The summed E-state index contributed by atoms with van der Waals surface area (Å²) in [6.45, 7) is 3.27. The monoisotopic (exact) mass is 232 g/mol. The Morgan fingerprint density at radius 2 is 2.12 bits per heavy atom. The van der Waals surface area contributed by atoms with Crippen LogP contribution in [0.5, 0.6) is 0 Å². The van der Waals surface area contributed by atoms with Crippen LogP contribution in [0.4, 0.5) is 4.79 Å². The van der Waals surface area contributed by atoms with E-state index >= 15 is 0 Å². The van der Waals surface area contributed by atoms with Crippen molar-refractivity contribution < 1.29 is 19.4 Å². The fourth-order valence-corrected chi connectivity index (χ4v) is 1.10. The van der Waals surface area contributed by atoms with E-state index in [9.17, 15) is 9.59 Å². The zero-order valence-corrected chi connectivity index (χ0v) is 10.0. The molecule has 2 amide bonds. The van der Waals surface area contributed by atoms with E-state index in [4.69, 9.17) is 9.84 Å². The fourth-order valence-electron chi connectivity index (χ4n) is 1.10. The smallest absolute Gasteiger partial charge is 0.317 e. The number of ether oxygens (including phenoxy) is 1. The van der Waals surface area contributed by atoms with Crippen molar-refractivity contribution in [2.24, 2.45) is 5.92 Å². The highest BCUT2D eigenvalue weighted by molar-refractivity contribution is 5.74. The summed E-state index contributed by atoms with van der Waals surface area (Å²) >= 11 is 0. The van der Waals surface area contributed by atoms with Crippen LogP contribution in [0.25, 0.3) is 0 Å². The van der Waals surface area contributed by atoms with Crippen LogP contribution in [-0.4, -0.2) is 55.9 Å². The second-order valence-electron chi connectivity index (χ2n) is 3.81. The Morgan fingerprint density at radius 3 is 2.62 bits per heavy atom. The molecule has 0 saturated heterocycles. The molecule has 16 heavy (non-hydrogen) atoms. The number of amides is 2. The van der Waals surface area contributed by atoms with Crippen molar-refractivity contribution in [3.8, 4) is 0 Å². The third kappa shape index (κ3) is 7.05. The molecule has 0 bridgehead atoms. The number of rotatable bonds is 7. The Labute approximate surface area is 95.6 Å². The number of hydrogen-bond acceptors (Lipinski definition) is 3. The maximum Gasteiger partial charge on any atom is 0.317 e. The number of carbonyl (C=O) groups excluding carboxylic acids is 1. The van der Waals surface area contributed by atoms with Crippen LogP contribution < -0.4 is 5.32 Å². The van der Waals surface area contributed by atoms with Gasteiger partial charge in [0.05, 0.1) is 13.0 Å². The Morgan fingerprint density at radius 1 is 1.50 bits per heavy atom. The van der Waals surface area contributed by atoms with Crippen molar-refractivity contribution in [3.63, 3.8) is 0 Å². The van der Waals surface area contributed by atoms with Crippen molar-refractivity contribution in [2.45, 2.75) is 13.3 Å². The maximum atomic E-state index is 11.4. The molecule has 2 N–H and O–H groups in total. The predicted octanol–water partition coefficient (Wildman–Crippen LogP) is 0.385. The van der Waals surface area contributed by atoms with E-state index in [1.54, 1.807) is 14.2 Å². The quantitative estimate of drug-likeness (QED) is 0.665. The van der Waals surface area contributed by atoms with Crippen LogP contribution in [0.1, 0.15) is 13.3 Å². The van der Waals surface area contributed by atoms with Gasteiger partial charge in [0.1, 0.15) is 0 Å². The zero-order chi connectivity index (χ0) is 12.6. The minimum atomic E-state index is -0.910. The van der Waals surface area contributed by atoms with Crippen LogP contribution in [-0.2, 0) is 9.53 Å². The van der Waals surface area contributed by atoms with E-state index in [1.165, 1.54) is 4.90 Å². The van der Waals surface area contributed by atoms with Gasteiger partial charge < -0.3 is 20.1 Å². The average molecular weight is 232 g/mol. The van der Waals surface area contributed by atoms with Crippen molar-refractivity contribution >= 4 is 12.0 Å². The minimum absolute atomic E-state index is 0.0441. The highest BCUT2D eigenvalue weighted by Crippen LogP contribution is 1.94. The third-order valence-electron chi connectivity index (χ3n) is 2.06. The first-order valence-electron chi connectivity index (χ1n) is 5.17. The Bertz CT molecular complexity index is 233. The van der Waals surface area contributed by atoms with Crippen molar-refractivity contribution in [1.29, 1.82) is 0 Å². The Kier molecular flexibility index (Phi) is 7.28. The molecule has 0 aliphatic rings. The summed E-state index contributed by atoms with van der Waals surface area (Å²) < 4.78 is 4.93. The van der Waals surface area contributed by atoms with Gasteiger partial charge in [-0.3, -0.25) is 4.79 Å². The summed E-state index contributed by atoms with van der Waals surface area (Å²) in [5.41, 5.74) is 0. The summed E-state index contributed by atoms with van der Waals surface area (Å²) in [6.07, 6.45) is -0.0441. The van der Waals surface area contributed by atoms with Crippen LogP contribution >= 0.6 is 0 Å². The lowest BCUT2D eigenvalue weighted by Gasteiger charge is -2.18. The molecule has 0 radical (unpaired) electrons. The van der Waals surface area contributed by atoms with Gasteiger partial charge >= 0.3 is 12.0 Å². The first-order valence-corrected chi connectivity index (χ1v) is 5.17. The first kappa shape index (κ1) is 14.7. The molecule has 94 valence electrons. The van der Waals surface area contributed by atoms with E-state index < -0.39 is 5.97 Å². The van der Waals surface area contributed by atoms with Gasteiger partial charge in [0.25, 0.3) is 0 Å². The molecule has 0 aromatic rings. The second kappa shape index (κ2) is 7.92. The zero-order valence-electron chi connectivity index (χ0n) is 10.0. The van der Waals surface area contributed by atoms with Gasteiger partial charge in [-0.2, -0.15) is 0 Å². The van der Waals surface area contributed by atoms with Gasteiger partial charge in [-0.25, -0.2) is 4.79 Å². The standard InChI is InChI=1S/C10H20N2O4/c1-8(7-16-3)6-11-10(15)12(2)5-4-9(13)14/h8H,4-7H2,1-3H3,(H,11,15)(H,13,14). The van der Waals surface area contributed by atoms with E-state index in [1.807, 2.05) is 6.92 Å². The number of urea groups is 1. The molecule has 0 fully saturated rings. The highest BCUT2D eigenvalue weighted by Gasteiger charge is 2.10. The molecule has 6 heteroatoms. The molecule has 0 aromatic carbocycles. The van der Waals surface area contributed by atoms with Gasteiger partial charge in [0.15, 0.2) is 0 Å². The number of methoxy groups -OCH3 is 1. The van der Waals surface area contributed by atoms with Crippen molar-refractivity contribution in [2.75, 3.05) is 33.9 Å². The molecule has 0 aliphatic carbocycles. The lowest BCUT2D eigenvalue weighted by Crippen LogP contribution is -2.40. The average Bonchev–Trinajstić information content (AvgIpc) is 2.22.